The van der Waals surface area contributed by atoms with Gasteiger partial charge in [-0.1, -0.05) is 6.07 Å². The zero-order chi connectivity index (χ0) is 15.8. The van der Waals surface area contributed by atoms with Crippen LogP contribution in [0.1, 0.15) is 28.9 Å². The molecule has 3 heterocycles. The summed E-state index contributed by atoms with van der Waals surface area (Å²) in [5, 5.41) is 0.516. The van der Waals surface area contributed by atoms with Gasteiger partial charge in [-0.25, -0.2) is 4.39 Å². The molecule has 0 spiro atoms. The molecule has 0 unspecified atom stereocenters. The number of halogens is 1. The highest BCUT2D eigenvalue weighted by Crippen LogP contribution is 2.31. The fourth-order valence-corrected chi connectivity index (χ4v) is 4.39. The number of piperidine rings is 1. The van der Waals surface area contributed by atoms with Crippen molar-refractivity contribution in [1.82, 2.24) is 4.90 Å². The second-order valence-electron chi connectivity index (χ2n) is 5.93. The molecule has 4 rings (SSSR count). The summed E-state index contributed by atoms with van der Waals surface area (Å²) in [6.07, 6.45) is 2.60. The van der Waals surface area contributed by atoms with Crippen molar-refractivity contribution in [2.45, 2.75) is 31.6 Å². The SMILES string of the molecule is O=C(c1cc2c(F)cccc2s1)N1CCCC[C@@H]1C1OCCO1. The van der Waals surface area contributed by atoms with Gasteiger partial charge in [0.05, 0.1) is 24.1 Å². The number of benzene rings is 1. The molecule has 0 radical (unpaired) electrons. The Hall–Kier alpha value is -1.50. The predicted molar refractivity (Wildman–Crippen MR) is 86.2 cm³/mol. The summed E-state index contributed by atoms with van der Waals surface area (Å²) in [7, 11) is 0. The molecule has 2 aliphatic rings. The van der Waals surface area contributed by atoms with Gasteiger partial charge in [-0.15, -0.1) is 11.3 Å². The monoisotopic (exact) mass is 335 g/mol. The molecule has 4 nitrogen and oxygen atoms in total. The van der Waals surface area contributed by atoms with Crippen LogP contribution in [0.2, 0.25) is 0 Å². The Labute approximate surface area is 137 Å². The van der Waals surface area contributed by atoms with E-state index in [-0.39, 0.29) is 24.1 Å². The van der Waals surface area contributed by atoms with Gasteiger partial charge in [0, 0.05) is 16.6 Å². The van der Waals surface area contributed by atoms with Gasteiger partial charge in [0.1, 0.15) is 5.82 Å². The Morgan fingerprint density at radius 1 is 1.26 bits per heavy atom. The Morgan fingerprint density at radius 2 is 2.09 bits per heavy atom. The van der Waals surface area contributed by atoms with E-state index < -0.39 is 0 Å². The highest BCUT2D eigenvalue weighted by Gasteiger charge is 2.37. The molecule has 6 heteroatoms. The number of likely N-dealkylation sites (tertiary alicyclic amines) is 1. The lowest BCUT2D eigenvalue weighted by Gasteiger charge is -2.37. The van der Waals surface area contributed by atoms with E-state index in [1.165, 1.54) is 17.4 Å². The molecule has 0 bridgehead atoms. The number of amides is 1. The van der Waals surface area contributed by atoms with E-state index in [0.29, 0.717) is 30.0 Å². The quantitative estimate of drug-likeness (QED) is 0.844. The lowest BCUT2D eigenvalue weighted by molar-refractivity contribution is -0.100. The number of carbonyl (C=O) groups excluding carboxylic acids is 1. The zero-order valence-corrected chi connectivity index (χ0v) is 13.5. The number of hydrogen-bond donors (Lipinski definition) is 0. The van der Waals surface area contributed by atoms with Crippen LogP contribution in [0.15, 0.2) is 24.3 Å². The van der Waals surface area contributed by atoms with Crippen molar-refractivity contribution in [2.75, 3.05) is 19.8 Å². The number of thiophene rings is 1. The summed E-state index contributed by atoms with van der Waals surface area (Å²) in [5.41, 5.74) is 0. The molecule has 1 atom stereocenters. The van der Waals surface area contributed by atoms with Crippen molar-refractivity contribution in [2.24, 2.45) is 0 Å². The summed E-state index contributed by atoms with van der Waals surface area (Å²) < 4.78 is 25.9. The topological polar surface area (TPSA) is 38.8 Å². The van der Waals surface area contributed by atoms with Crippen LogP contribution in [0.5, 0.6) is 0 Å². The Bertz CT molecular complexity index is 726. The second kappa shape index (κ2) is 6.19. The van der Waals surface area contributed by atoms with Crippen molar-refractivity contribution < 1.29 is 18.7 Å². The molecule has 0 N–H and O–H groups in total. The molecular weight excluding hydrogens is 317 g/mol. The fraction of sp³-hybridized carbons (Fsp3) is 0.471. The second-order valence-corrected chi connectivity index (χ2v) is 7.02. The molecule has 1 amide bonds. The summed E-state index contributed by atoms with van der Waals surface area (Å²) in [4.78, 5) is 15.4. The minimum Gasteiger partial charge on any atom is -0.348 e. The van der Waals surface area contributed by atoms with Gasteiger partial charge in [-0.2, -0.15) is 0 Å². The highest BCUT2D eigenvalue weighted by molar-refractivity contribution is 7.20. The number of ether oxygens (including phenoxy) is 2. The summed E-state index contributed by atoms with van der Waals surface area (Å²) in [6.45, 7) is 1.86. The third-order valence-electron chi connectivity index (χ3n) is 4.49. The molecule has 2 saturated heterocycles. The van der Waals surface area contributed by atoms with Gasteiger partial charge < -0.3 is 14.4 Å². The molecule has 2 fully saturated rings. The maximum atomic E-state index is 13.9. The van der Waals surface area contributed by atoms with Crippen molar-refractivity contribution >= 4 is 27.3 Å². The van der Waals surface area contributed by atoms with Crippen molar-refractivity contribution in [1.29, 1.82) is 0 Å². The van der Waals surface area contributed by atoms with E-state index in [9.17, 15) is 9.18 Å². The van der Waals surface area contributed by atoms with E-state index in [2.05, 4.69) is 0 Å². The van der Waals surface area contributed by atoms with Crippen molar-refractivity contribution in [3.63, 3.8) is 0 Å². The average Bonchev–Trinajstić information content (AvgIpc) is 3.24. The van der Waals surface area contributed by atoms with Gasteiger partial charge in [0.15, 0.2) is 6.29 Å². The van der Waals surface area contributed by atoms with E-state index in [0.717, 1.165) is 24.0 Å². The van der Waals surface area contributed by atoms with Gasteiger partial charge in [0.2, 0.25) is 0 Å². The molecule has 1 aromatic carbocycles. The third kappa shape index (κ3) is 2.75. The fourth-order valence-electron chi connectivity index (χ4n) is 3.36. The average molecular weight is 335 g/mol. The maximum Gasteiger partial charge on any atom is 0.264 e. The first-order valence-electron chi connectivity index (χ1n) is 7.96. The van der Waals surface area contributed by atoms with Crippen molar-refractivity contribution in [3.8, 4) is 0 Å². The van der Waals surface area contributed by atoms with Gasteiger partial charge >= 0.3 is 0 Å². The number of nitrogens with zero attached hydrogens (tertiary/aromatic N) is 1. The summed E-state index contributed by atoms with van der Waals surface area (Å²) >= 11 is 1.34. The van der Waals surface area contributed by atoms with Crippen LogP contribution >= 0.6 is 11.3 Å². The maximum absolute atomic E-state index is 13.9. The molecule has 2 aliphatic heterocycles. The molecule has 122 valence electrons. The third-order valence-corrected chi connectivity index (χ3v) is 5.58. The standard InChI is InChI=1S/C17H18FNO3S/c18-12-4-3-6-14-11(12)10-15(23-14)16(20)19-7-2-1-5-13(19)17-21-8-9-22-17/h3-4,6,10,13,17H,1-2,5,7-9H2/t13-/m1/s1. The minimum absolute atomic E-state index is 0.0469. The Kier molecular flexibility index (Phi) is 4.05. The Balaban J connectivity index is 1.63. The normalized spacial score (nSPS) is 22.8. The van der Waals surface area contributed by atoms with Crippen molar-refractivity contribution in [3.05, 3.63) is 35.0 Å². The first-order chi connectivity index (χ1) is 11.2. The molecule has 2 aromatic rings. The van der Waals surface area contributed by atoms with E-state index in [1.807, 2.05) is 11.0 Å². The van der Waals surface area contributed by atoms with Gasteiger partial charge in [-0.05, 0) is 37.5 Å². The van der Waals surface area contributed by atoms with Crippen LogP contribution in [-0.4, -0.2) is 42.9 Å². The molecule has 0 aliphatic carbocycles. The summed E-state index contributed by atoms with van der Waals surface area (Å²) in [6, 6.07) is 6.56. The van der Waals surface area contributed by atoms with Crippen LogP contribution in [0.25, 0.3) is 10.1 Å². The van der Waals surface area contributed by atoms with Gasteiger partial charge in [0.25, 0.3) is 5.91 Å². The number of rotatable bonds is 2. The highest BCUT2D eigenvalue weighted by atomic mass is 32.1. The first kappa shape index (κ1) is 15.1. The zero-order valence-electron chi connectivity index (χ0n) is 12.7. The first-order valence-corrected chi connectivity index (χ1v) is 8.78. The molecular formula is C17H18FNO3S. The van der Waals surface area contributed by atoms with Gasteiger partial charge in [-0.3, -0.25) is 4.79 Å². The molecule has 23 heavy (non-hydrogen) atoms. The van der Waals surface area contributed by atoms with Crippen LogP contribution in [0, 0.1) is 5.82 Å². The van der Waals surface area contributed by atoms with Crippen LogP contribution < -0.4 is 0 Å². The van der Waals surface area contributed by atoms with E-state index in [4.69, 9.17) is 9.47 Å². The Morgan fingerprint density at radius 3 is 2.87 bits per heavy atom. The smallest absolute Gasteiger partial charge is 0.264 e. The van der Waals surface area contributed by atoms with Crippen LogP contribution in [0.3, 0.4) is 0 Å². The summed E-state index contributed by atoms with van der Waals surface area (Å²) in [5.74, 6) is -0.329. The van der Waals surface area contributed by atoms with Crippen LogP contribution in [-0.2, 0) is 9.47 Å². The largest absolute Gasteiger partial charge is 0.348 e. The lowest BCUT2D eigenvalue weighted by atomic mass is 10.0. The number of hydrogen-bond acceptors (Lipinski definition) is 4. The van der Waals surface area contributed by atoms with E-state index in [1.54, 1.807) is 12.1 Å². The van der Waals surface area contributed by atoms with Crippen LogP contribution in [0.4, 0.5) is 4.39 Å². The van der Waals surface area contributed by atoms with E-state index >= 15 is 0 Å². The minimum atomic E-state index is -0.328. The lowest BCUT2D eigenvalue weighted by Crippen LogP contribution is -2.50. The number of carbonyl (C=O) groups is 1. The molecule has 1 aromatic heterocycles. The number of fused-ring (bicyclic) bond motifs is 1. The predicted octanol–water partition coefficient (Wildman–Crippen LogP) is 3.41. The molecule has 0 saturated carbocycles.